The van der Waals surface area contributed by atoms with Crippen molar-refractivity contribution >= 4 is 11.6 Å². The summed E-state index contributed by atoms with van der Waals surface area (Å²) in [6, 6.07) is 16.1. The molecule has 0 unspecified atom stereocenters. The summed E-state index contributed by atoms with van der Waals surface area (Å²) in [6.45, 7) is 7.13. The molecule has 0 atom stereocenters. The van der Waals surface area contributed by atoms with E-state index in [0.717, 1.165) is 17.0 Å². The van der Waals surface area contributed by atoms with Crippen LogP contribution >= 0.6 is 0 Å². The standard InChI is InChI=1S/C20H26N2O2/c1-15(2)22(19-8-6-5-7-16(19)3)14-20(23)21-13-17-9-11-18(24-4)12-10-17/h5-12,15H,13-14H2,1-4H3,(H,21,23). The number of ether oxygens (including phenoxy) is 1. The maximum atomic E-state index is 12.4. The summed E-state index contributed by atoms with van der Waals surface area (Å²) in [5.41, 5.74) is 3.33. The number of anilines is 1. The Labute approximate surface area is 144 Å². The maximum absolute atomic E-state index is 12.4. The van der Waals surface area contributed by atoms with Gasteiger partial charge in [-0.3, -0.25) is 4.79 Å². The second-order valence-corrected chi connectivity index (χ2v) is 6.13. The fourth-order valence-electron chi connectivity index (χ4n) is 2.59. The molecule has 2 rings (SSSR count). The third kappa shape index (κ3) is 4.75. The molecule has 0 aliphatic heterocycles. The number of methoxy groups -OCH3 is 1. The van der Waals surface area contributed by atoms with E-state index in [9.17, 15) is 4.79 Å². The van der Waals surface area contributed by atoms with Crippen LogP contribution in [0.5, 0.6) is 5.75 Å². The third-order valence-corrected chi connectivity index (χ3v) is 4.01. The number of rotatable bonds is 7. The smallest absolute Gasteiger partial charge is 0.239 e. The lowest BCUT2D eigenvalue weighted by molar-refractivity contribution is -0.120. The number of hydrogen-bond acceptors (Lipinski definition) is 3. The van der Waals surface area contributed by atoms with Crippen molar-refractivity contribution in [1.82, 2.24) is 5.32 Å². The molecule has 0 bridgehead atoms. The predicted molar refractivity (Wildman–Crippen MR) is 98.5 cm³/mol. The monoisotopic (exact) mass is 326 g/mol. The fourth-order valence-corrected chi connectivity index (χ4v) is 2.59. The van der Waals surface area contributed by atoms with Gasteiger partial charge in [0, 0.05) is 18.3 Å². The minimum Gasteiger partial charge on any atom is -0.497 e. The number of carbonyl (C=O) groups excluding carboxylic acids is 1. The second kappa shape index (κ2) is 8.39. The normalized spacial score (nSPS) is 10.5. The Balaban J connectivity index is 1.97. The largest absolute Gasteiger partial charge is 0.497 e. The van der Waals surface area contributed by atoms with E-state index in [1.165, 1.54) is 5.56 Å². The first-order valence-electron chi connectivity index (χ1n) is 8.23. The third-order valence-electron chi connectivity index (χ3n) is 4.01. The zero-order chi connectivity index (χ0) is 17.5. The molecule has 128 valence electrons. The SMILES string of the molecule is COc1ccc(CNC(=O)CN(c2ccccc2C)C(C)C)cc1. The van der Waals surface area contributed by atoms with Gasteiger partial charge >= 0.3 is 0 Å². The number of para-hydroxylation sites is 1. The van der Waals surface area contributed by atoms with Gasteiger partial charge in [0.05, 0.1) is 13.7 Å². The molecule has 0 spiro atoms. The lowest BCUT2D eigenvalue weighted by Gasteiger charge is -2.29. The molecule has 1 N–H and O–H groups in total. The molecule has 0 aliphatic rings. The van der Waals surface area contributed by atoms with Gasteiger partial charge in [-0.15, -0.1) is 0 Å². The number of nitrogens with zero attached hydrogens (tertiary/aromatic N) is 1. The average Bonchev–Trinajstić information content (AvgIpc) is 2.59. The lowest BCUT2D eigenvalue weighted by atomic mass is 10.1. The Kier molecular flexibility index (Phi) is 6.24. The highest BCUT2D eigenvalue weighted by Gasteiger charge is 2.16. The van der Waals surface area contributed by atoms with Crippen molar-refractivity contribution in [3.63, 3.8) is 0 Å². The van der Waals surface area contributed by atoms with Crippen molar-refractivity contribution in [2.75, 3.05) is 18.6 Å². The molecule has 1 amide bonds. The Bertz CT molecular complexity index is 666. The molecular weight excluding hydrogens is 300 g/mol. The number of hydrogen-bond donors (Lipinski definition) is 1. The van der Waals surface area contributed by atoms with Crippen LogP contribution in [0.25, 0.3) is 0 Å². The van der Waals surface area contributed by atoms with Gasteiger partial charge in [0.2, 0.25) is 5.91 Å². The van der Waals surface area contributed by atoms with Gasteiger partial charge in [0.15, 0.2) is 0 Å². The average molecular weight is 326 g/mol. The van der Waals surface area contributed by atoms with Crippen molar-refractivity contribution < 1.29 is 9.53 Å². The first-order valence-corrected chi connectivity index (χ1v) is 8.23. The number of benzene rings is 2. The zero-order valence-corrected chi connectivity index (χ0v) is 14.9. The Morgan fingerprint density at radius 1 is 1.12 bits per heavy atom. The first kappa shape index (κ1) is 17.9. The molecule has 0 saturated heterocycles. The number of aryl methyl sites for hydroxylation is 1. The number of nitrogens with one attached hydrogen (secondary N) is 1. The molecule has 4 heteroatoms. The number of carbonyl (C=O) groups is 1. The van der Waals surface area contributed by atoms with Crippen LogP contribution in [0.15, 0.2) is 48.5 Å². The molecule has 0 saturated carbocycles. The summed E-state index contributed by atoms with van der Waals surface area (Å²) >= 11 is 0. The van der Waals surface area contributed by atoms with Crippen LogP contribution < -0.4 is 15.0 Å². The quantitative estimate of drug-likeness (QED) is 0.846. The van der Waals surface area contributed by atoms with Crippen LogP contribution in [0, 0.1) is 6.92 Å². The first-order chi connectivity index (χ1) is 11.5. The highest BCUT2D eigenvalue weighted by molar-refractivity contribution is 5.81. The highest BCUT2D eigenvalue weighted by atomic mass is 16.5. The van der Waals surface area contributed by atoms with Gasteiger partial charge in [0.25, 0.3) is 0 Å². The molecule has 0 fully saturated rings. The maximum Gasteiger partial charge on any atom is 0.239 e. The van der Waals surface area contributed by atoms with Crippen molar-refractivity contribution in [2.24, 2.45) is 0 Å². The molecule has 24 heavy (non-hydrogen) atoms. The van der Waals surface area contributed by atoms with Crippen molar-refractivity contribution in [1.29, 1.82) is 0 Å². The van der Waals surface area contributed by atoms with Crippen LogP contribution in [0.1, 0.15) is 25.0 Å². The molecule has 0 aromatic heterocycles. The topological polar surface area (TPSA) is 41.6 Å². The van der Waals surface area contributed by atoms with Crippen molar-refractivity contribution in [2.45, 2.75) is 33.4 Å². The van der Waals surface area contributed by atoms with E-state index in [-0.39, 0.29) is 11.9 Å². The minimum absolute atomic E-state index is 0.0165. The Hall–Kier alpha value is -2.49. The summed E-state index contributed by atoms with van der Waals surface area (Å²) in [4.78, 5) is 14.5. The number of amides is 1. The van der Waals surface area contributed by atoms with Crippen LogP contribution in [0.2, 0.25) is 0 Å². The van der Waals surface area contributed by atoms with E-state index in [2.05, 4.69) is 43.1 Å². The Morgan fingerprint density at radius 2 is 1.79 bits per heavy atom. The molecule has 0 heterocycles. The predicted octanol–water partition coefficient (Wildman–Crippen LogP) is 3.53. The van der Waals surface area contributed by atoms with Crippen molar-refractivity contribution in [3.8, 4) is 5.75 Å². The van der Waals surface area contributed by atoms with E-state index in [4.69, 9.17) is 4.74 Å². The van der Waals surface area contributed by atoms with Crippen LogP contribution in [-0.2, 0) is 11.3 Å². The van der Waals surface area contributed by atoms with E-state index >= 15 is 0 Å². The lowest BCUT2D eigenvalue weighted by Crippen LogP contribution is -2.41. The molecule has 2 aromatic rings. The molecule has 4 nitrogen and oxygen atoms in total. The molecular formula is C20H26N2O2. The molecule has 0 aliphatic carbocycles. The van der Waals surface area contributed by atoms with Gasteiger partial charge in [-0.25, -0.2) is 0 Å². The van der Waals surface area contributed by atoms with Gasteiger partial charge in [-0.05, 0) is 50.1 Å². The van der Waals surface area contributed by atoms with Gasteiger partial charge in [-0.2, -0.15) is 0 Å². The highest BCUT2D eigenvalue weighted by Crippen LogP contribution is 2.21. The summed E-state index contributed by atoms with van der Waals surface area (Å²) in [6.07, 6.45) is 0. The Morgan fingerprint density at radius 3 is 2.38 bits per heavy atom. The van der Waals surface area contributed by atoms with Crippen LogP contribution in [0.3, 0.4) is 0 Å². The van der Waals surface area contributed by atoms with Crippen molar-refractivity contribution in [3.05, 3.63) is 59.7 Å². The zero-order valence-electron chi connectivity index (χ0n) is 14.9. The molecule has 0 radical (unpaired) electrons. The fraction of sp³-hybridized carbons (Fsp3) is 0.350. The summed E-state index contributed by atoms with van der Waals surface area (Å²) < 4.78 is 5.14. The van der Waals surface area contributed by atoms with Gasteiger partial charge in [-0.1, -0.05) is 30.3 Å². The molecule has 2 aromatic carbocycles. The van der Waals surface area contributed by atoms with Crippen LogP contribution in [0.4, 0.5) is 5.69 Å². The van der Waals surface area contributed by atoms with E-state index < -0.39 is 0 Å². The minimum atomic E-state index is 0.0165. The van der Waals surface area contributed by atoms with Crippen LogP contribution in [-0.4, -0.2) is 25.6 Å². The summed E-state index contributed by atoms with van der Waals surface area (Å²) in [5, 5.41) is 2.99. The van der Waals surface area contributed by atoms with E-state index in [1.807, 2.05) is 36.4 Å². The van der Waals surface area contributed by atoms with Gasteiger partial charge in [0.1, 0.15) is 5.75 Å². The summed E-state index contributed by atoms with van der Waals surface area (Å²) in [5.74, 6) is 0.832. The summed E-state index contributed by atoms with van der Waals surface area (Å²) in [7, 11) is 1.64. The second-order valence-electron chi connectivity index (χ2n) is 6.13. The van der Waals surface area contributed by atoms with E-state index in [0.29, 0.717) is 13.1 Å². The van der Waals surface area contributed by atoms with E-state index in [1.54, 1.807) is 7.11 Å². The van der Waals surface area contributed by atoms with Gasteiger partial charge < -0.3 is 15.0 Å².